The van der Waals surface area contributed by atoms with Gasteiger partial charge in [0.25, 0.3) is 0 Å². The molecule has 0 unspecified atom stereocenters. The second-order valence-corrected chi connectivity index (χ2v) is 11.3. The summed E-state index contributed by atoms with van der Waals surface area (Å²) in [5.41, 5.74) is 2.17. The lowest BCUT2D eigenvalue weighted by atomic mass is 10.1. The predicted molar refractivity (Wildman–Crippen MR) is 119 cm³/mol. The quantitative estimate of drug-likeness (QED) is 0.504. The summed E-state index contributed by atoms with van der Waals surface area (Å²) in [5, 5.41) is 1.19. The monoisotopic (exact) mass is 424 g/mol. The molecule has 0 atom stereocenters. The number of likely N-dealkylation sites (N-methyl/N-ethyl adjacent to an activating group) is 1. The van der Waals surface area contributed by atoms with Crippen molar-refractivity contribution in [1.29, 1.82) is 0 Å². The molecule has 29 heavy (non-hydrogen) atoms. The molecule has 2 aromatic rings. The molecule has 7 heteroatoms. The number of benzene rings is 1. The summed E-state index contributed by atoms with van der Waals surface area (Å²) >= 11 is 0. The lowest BCUT2D eigenvalue weighted by Crippen LogP contribution is -2.25. The smallest absolute Gasteiger partial charge is 0.323 e. The van der Waals surface area contributed by atoms with E-state index in [9.17, 15) is 4.57 Å². The van der Waals surface area contributed by atoms with Crippen molar-refractivity contribution in [3.63, 3.8) is 0 Å². The van der Waals surface area contributed by atoms with Crippen LogP contribution in [-0.4, -0.2) is 41.3 Å². The van der Waals surface area contributed by atoms with Crippen molar-refractivity contribution in [3.8, 4) is 0 Å². The third-order valence-electron chi connectivity index (χ3n) is 4.07. The van der Waals surface area contributed by atoms with Gasteiger partial charge < -0.3 is 9.47 Å². The molecular weight excluding hydrogens is 387 g/mol. The van der Waals surface area contributed by atoms with Gasteiger partial charge in [-0.05, 0) is 86.7 Å². The van der Waals surface area contributed by atoms with E-state index in [1.807, 2.05) is 46.1 Å². The van der Waals surface area contributed by atoms with Gasteiger partial charge in [0.05, 0.1) is 16.7 Å². The Kier molecular flexibility index (Phi) is 7.40. The van der Waals surface area contributed by atoms with Crippen LogP contribution in [0.5, 0.6) is 0 Å². The average Bonchev–Trinajstić information content (AvgIpc) is 2.84. The predicted octanol–water partition coefficient (Wildman–Crippen LogP) is 5.77. The molecule has 0 fully saturated rings. The summed E-state index contributed by atoms with van der Waals surface area (Å²) in [7, 11) is 0.368. The molecule has 1 heterocycles. The molecule has 1 aromatic carbocycles. The lowest BCUT2D eigenvalue weighted by molar-refractivity contribution is -0.00564. The van der Waals surface area contributed by atoms with E-state index >= 15 is 0 Å². The first-order valence-electron chi connectivity index (χ1n) is 10.1. The van der Waals surface area contributed by atoms with Crippen LogP contribution in [0.3, 0.4) is 0 Å². The highest BCUT2D eigenvalue weighted by atomic mass is 31.2. The summed E-state index contributed by atoms with van der Waals surface area (Å²) < 4.78 is 32.6. The van der Waals surface area contributed by atoms with Gasteiger partial charge in [0.15, 0.2) is 0 Å². The molecule has 0 spiro atoms. The Hall–Kier alpha value is -1.17. The number of phosphoric acid groups is 1. The van der Waals surface area contributed by atoms with E-state index in [-0.39, 0.29) is 6.73 Å². The van der Waals surface area contributed by atoms with Crippen LogP contribution in [0, 0.1) is 6.92 Å². The molecule has 2 rings (SSSR count). The lowest BCUT2D eigenvalue weighted by Gasteiger charge is -2.31. The maximum atomic E-state index is 13.3. The van der Waals surface area contributed by atoms with Gasteiger partial charge in [0, 0.05) is 18.1 Å². The fourth-order valence-electron chi connectivity index (χ4n) is 3.01. The molecule has 0 amide bonds. The van der Waals surface area contributed by atoms with Gasteiger partial charge in [-0.2, -0.15) is 0 Å². The van der Waals surface area contributed by atoms with E-state index in [1.54, 1.807) is 0 Å². The van der Waals surface area contributed by atoms with Crippen molar-refractivity contribution in [1.82, 2.24) is 9.47 Å². The number of aryl methyl sites for hydroxylation is 1. The maximum Gasteiger partial charge on any atom is 0.477 e. The van der Waals surface area contributed by atoms with Gasteiger partial charge in [-0.15, -0.1) is 0 Å². The van der Waals surface area contributed by atoms with Crippen LogP contribution >= 0.6 is 7.82 Å². The molecule has 0 N–H and O–H groups in total. The highest BCUT2D eigenvalue weighted by Crippen LogP contribution is 2.55. The van der Waals surface area contributed by atoms with Gasteiger partial charge in [0.1, 0.15) is 6.73 Å². The fraction of sp³-hybridized carbons (Fsp3) is 0.636. The van der Waals surface area contributed by atoms with Crippen molar-refractivity contribution < 1.29 is 18.1 Å². The molecule has 0 radical (unpaired) electrons. The summed E-state index contributed by atoms with van der Waals surface area (Å²) in [6.07, 6.45) is 3.00. The molecule has 164 valence electrons. The second kappa shape index (κ2) is 8.91. The van der Waals surface area contributed by atoms with Crippen LogP contribution in [0.4, 0.5) is 0 Å². The highest BCUT2D eigenvalue weighted by molar-refractivity contribution is 7.48. The number of hydrogen-bond donors (Lipinski definition) is 0. The molecule has 0 aliphatic rings. The van der Waals surface area contributed by atoms with Crippen LogP contribution in [0.25, 0.3) is 10.9 Å². The van der Waals surface area contributed by atoms with Gasteiger partial charge in [0.2, 0.25) is 0 Å². The van der Waals surface area contributed by atoms with Crippen molar-refractivity contribution in [2.45, 2.75) is 72.8 Å². The van der Waals surface area contributed by atoms with E-state index in [4.69, 9.17) is 13.6 Å². The normalized spacial score (nSPS) is 13.6. The Morgan fingerprint density at radius 1 is 1.03 bits per heavy atom. The van der Waals surface area contributed by atoms with E-state index in [0.717, 1.165) is 18.5 Å². The molecule has 0 aliphatic carbocycles. The number of nitrogens with zero attached hydrogens (tertiary/aromatic N) is 2. The number of phosphoric ester groups is 1. The minimum absolute atomic E-state index is 0.0883. The molecule has 0 saturated carbocycles. The largest absolute Gasteiger partial charge is 0.477 e. The first-order chi connectivity index (χ1) is 13.2. The highest BCUT2D eigenvalue weighted by Gasteiger charge is 2.37. The van der Waals surface area contributed by atoms with Crippen molar-refractivity contribution in [2.75, 3.05) is 20.6 Å². The second-order valence-electron chi connectivity index (χ2n) is 9.81. The minimum Gasteiger partial charge on any atom is -0.323 e. The number of hydrogen-bond acceptors (Lipinski definition) is 5. The molecule has 1 aromatic heterocycles. The SMILES string of the molecule is Cc1ccc2c(c1)c(CCN(C)C)cn2COP(=O)(OC(C)(C)C)OC(C)(C)C. The number of rotatable bonds is 8. The third kappa shape index (κ3) is 7.54. The first-order valence-corrected chi connectivity index (χ1v) is 11.5. The van der Waals surface area contributed by atoms with Gasteiger partial charge >= 0.3 is 7.82 Å². The minimum atomic E-state index is -3.77. The molecular formula is C22H37N2O4P. The maximum absolute atomic E-state index is 13.3. The van der Waals surface area contributed by atoms with E-state index in [2.05, 4.69) is 50.3 Å². The van der Waals surface area contributed by atoms with Crippen molar-refractivity contribution >= 4 is 18.7 Å². The first kappa shape index (κ1) is 24.1. The average molecular weight is 425 g/mol. The van der Waals surface area contributed by atoms with Gasteiger partial charge in [-0.3, -0.25) is 13.6 Å². The standard InChI is InChI=1S/C22H37N2O4P/c1-17-10-11-20-19(14-17)18(12-13-23(8)9)15-24(20)16-26-29(25,27-21(2,3)4)28-22(5,6)7/h10-11,14-15H,12-13,16H2,1-9H3. The summed E-state index contributed by atoms with van der Waals surface area (Å²) in [4.78, 5) is 2.16. The zero-order valence-electron chi connectivity index (χ0n) is 19.4. The molecule has 0 bridgehead atoms. The topological polar surface area (TPSA) is 52.9 Å². The Morgan fingerprint density at radius 2 is 1.62 bits per heavy atom. The van der Waals surface area contributed by atoms with Crippen LogP contribution in [-0.2, 0) is 31.3 Å². The number of fused-ring (bicyclic) bond motifs is 1. The van der Waals surface area contributed by atoms with E-state index < -0.39 is 19.0 Å². The zero-order chi connectivity index (χ0) is 22.0. The zero-order valence-corrected chi connectivity index (χ0v) is 20.3. The van der Waals surface area contributed by atoms with Crippen LogP contribution < -0.4 is 0 Å². The molecule has 6 nitrogen and oxygen atoms in total. The number of aromatic nitrogens is 1. The third-order valence-corrected chi connectivity index (χ3v) is 6.05. The molecule has 0 aliphatic heterocycles. The van der Waals surface area contributed by atoms with E-state index in [1.165, 1.54) is 16.5 Å². The fourth-order valence-corrected chi connectivity index (χ4v) is 4.76. The Morgan fingerprint density at radius 3 is 2.14 bits per heavy atom. The summed E-state index contributed by atoms with van der Waals surface area (Å²) in [5.74, 6) is 0. The van der Waals surface area contributed by atoms with Crippen molar-refractivity contribution in [2.24, 2.45) is 0 Å². The summed E-state index contributed by atoms with van der Waals surface area (Å²) in [6.45, 7) is 14.1. The van der Waals surface area contributed by atoms with Gasteiger partial charge in [-0.25, -0.2) is 4.57 Å². The summed E-state index contributed by atoms with van der Waals surface area (Å²) in [6, 6.07) is 6.34. The van der Waals surface area contributed by atoms with Crippen LogP contribution in [0.1, 0.15) is 52.7 Å². The Bertz CT molecular complexity index is 855. The Labute approximate surface area is 175 Å². The van der Waals surface area contributed by atoms with E-state index in [0.29, 0.717) is 0 Å². The Balaban J connectivity index is 2.32. The van der Waals surface area contributed by atoms with Crippen LogP contribution in [0.2, 0.25) is 0 Å². The van der Waals surface area contributed by atoms with Gasteiger partial charge in [-0.1, -0.05) is 11.6 Å². The van der Waals surface area contributed by atoms with Crippen molar-refractivity contribution in [3.05, 3.63) is 35.5 Å². The molecule has 0 saturated heterocycles. The van der Waals surface area contributed by atoms with Crippen LogP contribution in [0.15, 0.2) is 24.4 Å².